The Hall–Kier alpha value is -2.32. The number of amides is 2. The SMILES string of the molecule is O=C(c1ccc(F)c(F)c1)N1CCN(C(=O)C2(c3ccc(Br)cc3)CCOCC2)CC1. The van der Waals surface area contributed by atoms with Gasteiger partial charge in [-0.15, -0.1) is 0 Å². The van der Waals surface area contributed by atoms with Gasteiger partial charge in [0.25, 0.3) is 5.91 Å². The Bertz CT molecular complexity index is 969. The summed E-state index contributed by atoms with van der Waals surface area (Å²) >= 11 is 3.45. The molecule has 2 saturated heterocycles. The van der Waals surface area contributed by atoms with Gasteiger partial charge >= 0.3 is 0 Å². The third kappa shape index (κ3) is 4.36. The van der Waals surface area contributed by atoms with Crippen molar-refractivity contribution in [2.75, 3.05) is 39.4 Å². The molecule has 0 aromatic heterocycles. The van der Waals surface area contributed by atoms with Gasteiger partial charge in [0, 0.05) is 49.4 Å². The second kappa shape index (κ2) is 9.04. The molecule has 2 aliphatic rings. The average Bonchev–Trinajstić information content (AvgIpc) is 2.81. The third-order valence-electron chi connectivity index (χ3n) is 6.17. The molecule has 2 aromatic carbocycles. The highest BCUT2D eigenvalue weighted by Gasteiger charge is 2.44. The number of halogens is 3. The molecule has 0 saturated carbocycles. The smallest absolute Gasteiger partial charge is 0.254 e. The molecular weight excluding hydrogens is 470 g/mol. The van der Waals surface area contributed by atoms with Gasteiger partial charge in [-0.05, 0) is 48.7 Å². The zero-order valence-corrected chi connectivity index (χ0v) is 18.5. The van der Waals surface area contributed by atoms with Gasteiger partial charge in [-0.1, -0.05) is 28.1 Å². The molecule has 4 rings (SSSR count). The first-order valence-electron chi connectivity index (χ1n) is 10.3. The van der Waals surface area contributed by atoms with E-state index in [9.17, 15) is 18.4 Å². The summed E-state index contributed by atoms with van der Waals surface area (Å²) in [7, 11) is 0. The quantitative estimate of drug-likeness (QED) is 0.655. The van der Waals surface area contributed by atoms with E-state index in [-0.39, 0.29) is 17.4 Å². The summed E-state index contributed by atoms with van der Waals surface area (Å²) < 4.78 is 33.1. The minimum atomic E-state index is -1.05. The van der Waals surface area contributed by atoms with Crippen LogP contribution >= 0.6 is 15.9 Å². The molecular formula is C23H23BrF2N2O3. The monoisotopic (exact) mass is 492 g/mol. The maximum Gasteiger partial charge on any atom is 0.254 e. The van der Waals surface area contributed by atoms with E-state index in [1.165, 1.54) is 6.07 Å². The van der Waals surface area contributed by atoms with Crippen LogP contribution in [0.1, 0.15) is 28.8 Å². The lowest BCUT2D eigenvalue weighted by Gasteiger charge is -2.43. The lowest BCUT2D eigenvalue weighted by molar-refractivity contribution is -0.142. The standard InChI is InChI=1S/C23H23BrF2N2O3/c24-18-4-2-17(3-5-18)23(7-13-31-14-8-23)22(30)28-11-9-27(10-12-28)21(29)16-1-6-19(25)20(26)15-16/h1-6,15H,7-14H2. The summed E-state index contributed by atoms with van der Waals surface area (Å²) in [6.07, 6.45) is 1.23. The molecule has 0 atom stereocenters. The summed E-state index contributed by atoms with van der Waals surface area (Å²) in [5.41, 5.74) is 0.448. The molecule has 5 nitrogen and oxygen atoms in total. The second-order valence-corrected chi connectivity index (χ2v) is 8.83. The number of benzene rings is 2. The zero-order valence-electron chi connectivity index (χ0n) is 17.0. The number of piperazine rings is 1. The maximum absolute atomic E-state index is 13.7. The minimum Gasteiger partial charge on any atom is -0.381 e. The summed E-state index contributed by atoms with van der Waals surface area (Å²) in [6.45, 7) is 2.53. The van der Waals surface area contributed by atoms with Crippen molar-refractivity contribution in [1.29, 1.82) is 0 Å². The average molecular weight is 493 g/mol. The molecule has 0 N–H and O–H groups in total. The Balaban J connectivity index is 1.47. The Morgan fingerprint density at radius 1 is 0.871 bits per heavy atom. The van der Waals surface area contributed by atoms with Gasteiger partial charge in [-0.25, -0.2) is 8.78 Å². The fourth-order valence-electron chi connectivity index (χ4n) is 4.34. The summed E-state index contributed by atoms with van der Waals surface area (Å²) in [6, 6.07) is 11.0. The van der Waals surface area contributed by atoms with Crippen molar-refractivity contribution in [3.05, 3.63) is 69.7 Å². The van der Waals surface area contributed by atoms with Crippen LogP contribution in [-0.4, -0.2) is 61.0 Å². The number of hydrogen-bond acceptors (Lipinski definition) is 3. The Labute approximate surface area is 188 Å². The van der Waals surface area contributed by atoms with E-state index in [4.69, 9.17) is 4.74 Å². The Kier molecular flexibility index (Phi) is 6.39. The topological polar surface area (TPSA) is 49.9 Å². The van der Waals surface area contributed by atoms with Crippen LogP contribution in [0.4, 0.5) is 8.78 Å². The highest BCUT2D eigenvalue weighted by atomic mass is 79.9. The maximum atomic E-state index is 13.7. The summed E-state index contributed by atoms with van der Waals surface area (Å²) in [5, 5.41) is 0. The molecule has 2 aliphatic heterocycles. The third-order valence-corrected chi connectivity index (χ3v) is 6.70. The predicted octanol–water partition coefficient (Wildman–Crippen LogP) is 3.76. The second-order valence-electron chi connectivity index (χ2n) is 7.91. The fraction of sp³-hybridized carbons (Fsp3) is 0.391. The highest BCUT2D eigenvalue weighted by molar-refractivity contribution is 9.10. The van der Waals surface area contributed by atoms with Crippen molar-refractivity contribution in [3.8, 4) is 0 Å². The van der Waals surface area contributed by atoms with Crippen molar-refractivity contribution in [3.63, 3.8) is 0 Å². The van der Waals surface area contributed by atoms with Gasteiger partial charge in [-0.3, -0.25) is 9.59 Å². The molecule has 2 aromatic rings. The first kappa shape index (κ1) is 21.9. The summed E-state index contributed by atoms with van der Waals surface area (Å²) in [5.74, 6) is -2.34. The van der Waals surface area contributed by atoms with E-state index in [2.05, 4.69) is 15.9 Å². The largest absolute Gasteiger partial charge is 0.381 e. The normalized spacial score (nSPS) is 18.7. The van der Waals surface area contributed by atoms with E-state index in [1.807, 2.05) is 29.2 Å². The number of nitrogens with zero attached hydrogens (tertiary/aromatic N) is 2. The van der Waals surface area contributed by atoms with Crippen molar-refractivity contribution in [2.45, 2.75) is 18.3 Å². The van der Waals surface area contributed by atoms with Crippen LogP contribution in [0.25, 0.3) is 0 Å². The van der Waals surface area contributed by atoms with Gasteiger partial charge in [0.2, 0.25) is 5.91 Å². The molecule has 0 unspecified atom stereocenters. The van der Waals surface area contributed by atoms with Gasteiger partial charge in [0.1, 0.15) is 0 Å². The predicted molar refractivity (Wildman–Crippen MR) is 115 cm³/mol. The molecule has 164 valence electrons. The van der Waals surface area contributed by atoms with Crippen LogP contribution in [0.2, 0.25) is 0 Å². The van der Waals surface area contributed by atoms with Crippen LogP contribution < -0.4 is 0 Å². The van der Waals surface area contributed by atoms with Crippen molar-refractivity contribution >= 4 is 27.7 Å². The molecule has 8 heteroatoms. The minimum absolute atomic E-state index is 0.0537. The fourth-order valence-corrected chi connectivity index (χ4v) is 4.61. The van der Waals surface area contributed by atoms with Crippen molar-refractivity contribution in [1.82, 2.24) is 9.80 Å². The molecule has 0 aliphatic carbocycles. The van der Waals surface area contributed by atoms with Crippen LogP contribution in [0.15, 0.2) is 46.9 Å². The van der Waals surface area contributed by atoms with Crippen molar-refractivity contribution < 1.29 is 23.1 Å². The highest BCUT2D eigenvalue weighted by Crippen LogP contribution is 2.37. The van der Waals surface area contributed by atoms with Gasteiger partial charge < -0.3 is 14.5 Å². The number of ether oxygens (including phenoxy) is 1. The Morgan fingerprint density at radius 2 is 1.48 bits per heavy atom. The van der Waals surface area contributed by atoms with Crippen molar-refractivity contribution in [2.24, 2.45) is 0 Å². The van der Waals surface area contributed by atoms with E-state index in [0.29, 0.717) is 52.2 Å². The van der Waals surface area contributed by atoms with E-state index in [1.54, 1.807) is 4.90 Å². The first-order chi connectivity index (χ1) is 14.9. The molecule has 0 spiro atoms. The van der Waals surface area contributed by atoms with E-state index in [0.717, 1.165) is 22.2 Å². The number of rotatable bonds is 3. The summed E-state index contributed by atoms with van der Waals surface area (Å²) in [4.78, 5) is 29.7. The lowest BCUT2D eigenvalue weighted by atomic mass is 9.73. The Morgan fingerprint density at radius 3 is 2.10 bits per heavy atom. The van der Waals surface area contributed by atoms with Gasteiger partial charge in [-0.2, -0.15) is 0 Å². The zero-order chi connectivity index (χ0) is 22.0. The first-order valence-corrected chi connectivity index (χ1v) is 11.1. The molecule has 31 heavy (non-hydrogen) atoms. The molecule has 2 fully saturated rings. The van der Waals surface area contributed by atoms with E-state index >= 15 is 0 Å². The van der Waals surface area contributed by atoms with Crippen LogP contribution in [0.5, 0.6) is 0 Å². The molecule has 2 heterocycles. The van der Waals surface area contributed by atoms with E-state index < -0.39 is 17.0 Å². The van der Waals surface area contributed by atoms with Gasteiger partial charge in [0.15, 0.2) is 11.6 Å². The number of hydrogen-bond donors (Lipinski definition) is 0. The number of carbonyl (C=O) groups is 2. The van der Waals surface area contributed by atoms with Gasteiger partial charge in [0.05, 0.1) is 5.41 Å². The lowest BCUT2D eigenvalue weighted by Crippen LogP contribution is -2.56. The van der Waals surface area contributed by atoms with Crippen LogP contribution in [-0.2, 0) is 14.9 Å². The van der Waals surface area contributed by atoms with Crippen LogP contribution in [0.3, 0.4) is 0 Å². The molecule has 0 bridgehead atoms. The molecule has 0 radical (unpaired) electrons. The number of carbonyl (C=O) groups excluding carboxylic acids is 2. The van der Waals surface area contributed by atoms with Crippen LogP contribution in [0, 0.1) is 11.6 Å². The molecule has 2 amide bonds.